The number of rotatable bonds is 7. The predicted octanol–water partition coefficient (Wildman–Crippen LogP) is 5.72. The summed E-state index contributed by atoms with van der Waals surface area (Å²) in [5.74, 6) is 0.00692. The van der Waals surface area contributed by atoms with Crippen molar-refractivity contribution in [3.63, 3.8) is 0 Å². The summed E-state index contributed by atoms with van der Waals surface area (Å²) in [7, 11) is -1.77. The number of anilines is 1. The Morgan fingerprint density at radius 3 is 2.16 bits per heavy atom. The molecular formula is C26H33NO3P+. The number of carbonyl (C=O) groups excluding carboxylic acids is 2. The van der Waals surface area contributed by atoms with Crippen molar-refractivity contribution in [1.82, 2.24) is 0 Å². The molecule has 1 saturated heterocycles. The molecule has 4 nitrogen and oxygen atoms in total. The van der Waals surface area contributed by atoms with Crippen LogP contribution in [0.2, 0.25) is 0 Å². The van der Waals surface area contributed by atoms with Crippen LogP contribution in [0.25, 0.3) is 0 Å². The third-order valence-corrected chi connectivity index (χ3v) is 13.0. The Morgan fingerprint density at radius 1 is 0.935 bits per heavy atom. The fourth-order valence-corrected chi connectivity index (χ4v) is 11.1. The van der Waals surface area contributed by atoms with Gasteiger partial charge in [-0.05, 0) is 62.6 Å². The van der Waals surface area contributed by atoms with E-state index in [1.54, 1.807) is 0 Å². The quantitative estimate of drug-likeness (QED) is 0.444. The van der Waals surface area contributed by atoms with Crippen LogP contribution in [0, 0.1) is 13.8 Å². The van der Waals surface area contributed by atoms with Gasteiger partial charge >= 0.3 is 5.97 Å². The van der Waals surface area contributed by atoms with Gasteiger partial charge in [-0.25, -0.2) is 4.79 Å². The highest BCUT2D eigenvalue weighted by Gasteiger charge is 2.67. The van der Waals surface area contributed by atoms with Gasteiger partial charge in [-0.2, -0.15) is 0 Å². The Hall–Kier alpha value is -2.19. The second-order valence-electron chi connectivity index (χ2n) is 9.21. The zero-order chi connectivity index (χ0) is 21.9. The monoisotopic (exact) mass is 438 g/mol. The number of hydrogen-bond donors (Lipinski definition) is 1. The fourth-order valence-electron chi connectivity index (χ4n) is 5.38. The van der Waals surface area contributed by atoms with E-state index in [9.17, 15) is 9.59 Å². The van der Waals surface area contributed by atoms with E-state index in [1.165, 1.54) is 0 Å². The van der Waals surface area contributed by atoms with Gasteiger partial charge in [0.1, 0.15) is 6.61 Å². The van der Waals surface area contributed by atoms with Crippen molar-refractivity contribution in [1.29, 1.82) is 0 Å². The number of amides is 1. The molecule has 4 rings (SSSR count). The molecule has 2 aromatic rings. The SMILES string of the molecule is Cc1cccc(C)c1NC(=O)C1([P+]2(CC(=O)OCc3ccccc3)CCCC2)CCC1. The molecular weight excluding hydrogens is 405 g/mol. The third-order valence-electron chi connectivity index (χ3n) is 7.33. The van der Waals surface area contributed by atoms with Crippen LogP contribution in [0.1, 0.15) is 48.8 Å². The molecule has 0 spiro atoms. The molecule has 2 fully saturated rings. The summed E-state index contributed by atoms with van der Waals surface area (Å²) in [6, 6.07) is 15.9. The van der Waals surface area contributed by atoms with Crippen molar-refractivity contribution in [2.24, 2.45) is 0 Å². The highest BCUT2D eigenvalue weighted by molar-refractivity contribution is 7.79. The van der Waals surface area contributed by atoms with Crippen LogP contribution in [0.5, 0.6) is 0 Å². The molecule has 5 heteroatoms. The van der Waals surface area contributed by atoms with Crippen molar-refractivity contribution in [3.8, 4) is 0 Å². The summed E-state index contributed by atoms with van der Waals surface area (Å²) in [5, 5.41) is 2.93. The van der Waals surface area contributed by atoms with Gasteiger partial charge in [0.15, 0.2) is 11.3 Å². The second-order valence-corrected chi connectivity index (χ2v) is 13.6. The molecule has 1 amide bonds. The molecule has 2 aromatic carbocycles. The van der Waals surface area contributed by atoms with E-state index in [4.69, 9.17) is 4.74 Å². The van der Waals surface area contributed by atoms with Crippen LogP contribution >= 0.6 is 7.26 Å². The number of ether oxygens (including phenoxy) is 1. The first-order valence-corrected chi connectivity index (χ1v) is 13.7. The topological polar surface area (TPSA) is 55.4 Å². The highest BCUT2D eigenvalue weighted by Crippen LogP contribution is 2.78. The Kier molecular flexibility index (Phi) is 6.48. The summed E-state index contributed by atoms with van der Waals surface area (Å²) < 4.78 is 5.67. The van der Waals surface area contributed by atoms with Crippen LogP contribution < -0.4 is 5.32 Å². The highest BCUT2D eigenvalue weighted by atomic mass is 31.2. The fraction of sp³-hybridized carbons (Fsp3) is 0.462. The van der Waals surface area contributed by atoms with Gasteiger partial charge in [-0.3, -0.25) is 4.79 Å². The van der Waals surface area contributed by atoms with Crippen LogP contribution in [-0.4, -0.2) is 35.5 Å². The van der Waals surface area contributed by atoms with Crippen LogP contribution in [0.3, 0.4) is 0 Å². The smallest absolute Gasteiger partial charge is 0.344 e. The lowest BCUT2D eigenvalue weighted by molar-refractivity contribution is -0.141. The lowest BCUT2D eigenvalue weighted by Crippen LogP contribution is -2.52. The molecule has 1 saturated carbocycles. The van der Waals surface area contributed by atoms with E-state index >= 15 is 0 Å². The maximum atomic E-state index is 13.7. The van der Waals surface area contributed by atoms with Crippen molar-refractivity contribution < 1.29 is 14.3 Å². The minimum atomic E-state index is -1.77. The summed E-state index contributed by atoms with van der Waals surface area (Å²) in [4.78, 5) is 26.7. The van der Waals surface area contributed by atoms with Crippen molar-refractivity contribution in [3.05, 3.63) is 65.2 Å². The Morgan fingerprint density at radius 2 is 1.58 bits per heavy atom. The van der Waals surface area contributed by atoms with E-state index in [-0.39, 0.29) is 17.0 Å². The third kappa shape index (κ3) is 4.28. The molecule has 1 N–H and O–H groups in total. The zero-order valence-corrected chi connectivity index (χ0v) is 19.5. The van der Waals surface area contributed by atoms with Crippen LogP contribution in [0.15, 0.2) is 48.5 Å². The predicted molar refractivity (Wildman–Crippen MR) is 128 cm³/mol. The minimum Gasteiger partial charge on any atom is -0.458 e. The van der Waals surface area contributed by atoms with Gasteiger partial charge < -0.3 is 10.1 Å². The average Bonchev–Trinajstić information content (AvgIpc) is 3.18. The van der Waals surface area contributed by atoms with Gasteiger partial charge in [0.05, 0.1) is 12.3 Å². The molecule has 1 aliphatic carbocycles. The van der Waals surface area contributed by atoms with Gasteiger partial charge in [-0.15, -0.1) is 0 Å². The van der Waals surface area contributed by atoms with E-state index in [2.05, 4.69) is 5.32 Å². The molecule has 0 atom stereocenters. The number of benzene rings is 2. The molecule has 0 aromatic heterocycles. The van der Waals surface area contributed by atoms with Crippen molar-refractivity contribution in [2.75, 3.05) is 23.8 Å². The van der Waals surface area contributed by atoms with E-state index in [0.29, 0.717) is 12.8 Å². The molecule has 0 bridgehead atoms. The summed E-state index contributed by atoms with van der Waals surface area (Å²) in [5.41, 5.74) is 4.11. The van der Waals surface area contributed by atoms with Gasteiger partial charge in [0.2, 0.25) is 0 Å². The number of carbonyl (C=O) groups is 2. The number of hydrogen-bond acceptors (Lipinski definition) is 3. The summed E-state index contributed by atoms with van der Waals surface area (Å²) >= 11 is 0. The van der Waals surface area contributed by atoms with Crippen molar-refractivity contribution in [2.45, 2.75) is 57.7 Å². The number of para-hydroxylation sites is 1. The molecule has 0 radical (unpaired) electrons. The normalized spacial score (nSPS) is 18.8. The van der Waals surface area contributed by atoms with Crippen LogP contribution in [0.4, 0.5) is 5.69 Å². The number of nitrogens with one attached hydrogen (secondary N) is 1. The largest absolute Gasteiger partial charge is 0.458 e. The van der Waals surface area contributed by atoms with Gasteiger partial charge in [0.25, 0.3) is 5.91 Å². The summed E-state index contributed by atoms with van der Waals surface area (Å²) in [6.45, 7) is 4.39. The Balaban J connectivity index is 1.52. The van der Waals surface area contributed by atoms with Crippen molar-refractivity contribution >= 4 is 24.8 Å². The minimum absolute atomic E-state index is 0.134. The first kappa shape index (κ1) is 22.0. The molecule has 31 heavy (non-hydrogen) atoms. The molecule has 1 aliphatic heterocycles. The Labute approximate surface area is 186 Å². The lowest BCUT2D eigenvalue weighted by atomic mass is 9.83. The number of aryl methyl sites for hydroxylation is 2. The standard InChI is InChI=1S/C26H32NO3P/c1-20-10-8-11-21(2)24(20)27-25(29)26(14-9-15-26)31(16-6-7-17-31)19-23(28)30-18-22-12-4-3-5-13-22/h3-5,8,10-13H,6-7,9,14-19H2,1-2H3/p+1. The first-order valence-electron chi connectivity index (χ1n) is 11.4. The maximum absolute atomic E-state index is 13.7. The number of esters is 1. The molecule has 164 valence electrons. The molecule has 0 unspecified atom stereocenters. The second kappa shape index (κ2) is 9.12. The average molecular weight is 439 g/mol. The van der Waals surface area contributed by atoms with Gasteiger partial charge in [0, 0.05) is 12.9 Å². The first-order chi connectivity index (χ1) is 15.0. The summed E-state index contributed by atoms with van der Waals surface area (Å²) in [6.07, 6.45) is 7.64. The van der Waals surface area contributed by atoms with Crippen LogP contribution in [-0.2, 0) is 20.9 Å². The van der Waals surface area contributed by atoms with E-state index in [1.807, 2.05) is 62.4 Å². The zero-order valence-electron chi connectivity index (χ0n) is 18.7. The van der Waals surface area contributed by atoms with Gasteiger partial charge in [-0.1, -0.05) is 48.5 Å². The maximum Gasteiger partial charge on any atom is 0.344 e. The lowest BCUT2D eigenvalue weighted by Gasteiger charge is -2.47. The van der Waals surface area contributed by atoms with E-state index < -0.39 is 7.26 Å². The Bertz CT molecular complexity index is 926. The van der Waals surface area contributed by atoms with E-state index in [0.717, 1.165) is 66.8 Å². The molecule has 1 heterocycles. The molecule has 2 aliphatic rings.